The molecule has 29 heavy (non-hydrogen) atoms. The van der Waals surface area contributed by atoms with Gasteiger partial charge in [0.15, 0.2) is 11.5 Å². The summed E-state index contributed by atoms with van der Waals surface area (Å²) in [5.41, 5.74) is 4.55. The molecule has 1 N–H and O–H groups in total. The second-order valence-corrected chi connectivity index (χ2v) is 7.38. The van der Waals surface area contributed by atoms with Crippen molar-refractivity contribution >= 4 is 22.6 Å². The molecule has 4 rings (SSSR count). The van der Waals surface area contributed by atoms with Gasteiger partial charge in [-0.25, -0.2) is 4.98 Å². The normalized spacial score (nSPS) is 11.5. The third-order valence-corrected chi connectivity index (χ3v) is 5.10. The number of fused-ring (bicyclic) bond motifs is 1. The summed E-state index contributed by atoms with van der Waals surface area (Å²) in [6, 6.07) is 7.33. The van der Waals surface area contributed by atoms with Crippen LogP contribution >= 0.6 is 0 Å². The highest BCUT2D eigenvalue weighted by molar-refractivity contribution is 6.04. The van der Waals surface area contributed by atoms with Crippen molar-refractivity contribution in [1.29, 1.82) is 0 Å². The Hall–Kier alpha value is -3.42. The molecule has 150 valence electrons. The van der Waals surface area contributed by atoms with E-state index in [0.29, 0.717) is 17.4 Å². The Balaban J connectivity index is 1.57. The molecule has 0 unspecified atom stereocenters. The molecule has 3 heterocycles. The molecule has 0 aliphatic rings. The van der Waals surface area contributed by atoms with E-state index in [0.717, 1.165) is 34.7 Å². The fraction of sp³-hybridized carbons (Fsp3) is 0.333. The first-order valence-electron chi connectivity index (χ1n) is 9.66. The van der Waals surface area contributed by atoms with Crippen LogP contribution in [0.3, 0.4) is 0 Å². The summed E-state index contributed by atoms with van der Waals surface area (Å²) in [5, 5.41) is 11.1. The smallest absolute Gasteiger partial charge is 0.277 e. The monoisotopic (exact) mass is 392 g/mol. The van der Waals surface area contributed by atoms with Gasteiger partial charge in [-0.05, 0) is 32.0 Å². The number of rotatable bonds is 5. The van der Waals surface area contributed by atoms with Gasteiger partial charge in [-0.1, -0.05) is 19.0 Å². The number of nitrogens with zero attached hydrogens (tertiary/aromatic N) is 5. The fourth-order valence-corrected chi connectivity index (χ4v) is 3.52. The molecule has 1 amide bonds. The van der Waals surface area contributed by atoms with Gasteiger partial charge in [-0.2, -0.15) is 5.10 Å². The van der Waals surface area contributed by atoms with Crippen LogP contribution in [0.15, 0.2) is 35.0 Å². The van der Waals surface area contributed by atoms with Crippen molar-refractivity contribution in [2.45, 2.75) is 40.2 Å². The first-order chi connectivity index (χ1) is 13.9. The molecule has 3 aromatic heterocycles. The number of carbonyl (C=O) groups excluding carboxylic acids is 1. The summed E-state index contributed by atoms with van der Waals surface area (Å²) in [6.45, 7) is 8.96. The van der Waals surface area contributed by atoms with E-state index in [1.165, 1.54) is 0 Å². The molecule has 0 atom stereocenters. The number of aromatic nitrogens is 5. The molecule has 0 bridgehead atoms. The lowest BCUT2D eigenvalue weighted by molar-refractivity contribution is 0.101. The number of nitrogens with one attached hydrogen (secondary N) is 1. The predicted octanol–water partition coefficient (Wildman–Crippen LogP) is 4.13. The quantitative estimate of drug-likeness (QED) is 0.551. The molecule has 0 radical (unpaired) electrons. The van der Waals surface area contributed by atoms with E-state index in [2.05, 4.69) is 39.0 Å². The van der Waals surface area contributed by atoms with Crippen molar-refractivity contribution in [3.05, 3.63) is 47.7 Å². The highest BCUT2D eigenvalue weighted by Gasteiger charge is 2.18. The third-order valence-electron chi connectivity index (χ3n) is 5.10. The summed E-state index contributed by atoms with van der Waals surface area (Å²) < 4.78 is 9.33. The van der Waals surface area contributed by atoms with E-state index in [1.807, 2.05) is 43.8 Å². The number of anilines is 1. The van der Waals surface area contributed by atoms with Crippen molar-refractivity contribution in [1.82, 2.24) is 24.5 Å². The maximum absolute atomic E-state index is 12.6. The molecule has 0 aliphatic heterocycles. The minimum absolute atomic E-state index is 0.215. The van der Waals surface area contributed by atoms with Gasteiger partial charge in [0.2, 0.25) is 0 Å². The minimum atomic E-state index is -0.333. The molecular weight excluding hydrogens is 368 g/mol. The van der Waals surface area contributed by atoms with Gasteiger partial charge >= 0.3 is 0 Å². The summed E-state index contributed by atoms with van der Waals surface area (Å²) >= 11 is 0. The average Bonchev–Trinajstić information content (AvgIpc) is 3.39. The Kier molecular flexibility index (Phi) is 4.70. The largest absolute Gasteiger partial charge is 0.355 e. The van der Waals surface area contributed by atoms with E-state index in [9.17, 15) is 4.79 Å². The zero-order valence-corrected chi connectivity index (χ0v) is 17.2. The molecule has 1 aromatic carbocycles. The summed E-state index contributed by atoms with van der Waals surface area (Å²) in [5.74, 6) is 1.51. The molecular formula is C21H24N6O2. The number of hydrogen-bond donors (Lipinski definition) is 1. The van der Waals surface area contributed by atoms with Gasteiger partial charge in [-0.15, -0.1) is 0 Å². The van der Waals surface area contributed by atoms with Gasteiger partial charge in [0, 0.05) is 37.0 Å². The van der Waals surface area contributed by atoms with Crippen LogP contribution in [-0.2, 0) is 13.6 Å². The predicted molar refractivity (Wildman–Crippen MR) is 111 cm³/mol. The van der Waals surface area contributed by atoms with Gasteiger partial charge in [0.25, 0.3) is 5.91 Å². The van der Waals surface area contributed by atoms with Crippen LogP contribution in [-0.4, -0.2) is 30.4 Å². The number of amides is 1. The lowest BCUT2D eigenvalue weighted by atomic mass is 10.2. The first kappa shape index (κ1) is 18.9. The molecule has 8 nitrogen and oxygen atoms in total. The molecule has 4 aromatic rings. The summed E-state index contributed by atoms with van der Waals surface area (Å²) in [6.07, 6.45) is 1.72. The van der Waals surface area contributed by atoms with Crippen LogP contribution in [0.2, 0.25) is 0 Å². The highest BCUT2D eigenvalue weighted by Crippen LogP contribution is 2.26. The molecule has 0 fully saturated rings. The molecule has 0 saturated carbocycles. The van der Waals surface area contributed by atoms with Crippen LogP contribution in [0.5, 0.6) is 0 Å². The number of hydrogen-bond acceptors (Lipinski definition) is 5. The number of imidazole rings is 1. The van der Waals surface area contributed by atoms with Crippen molar-refractivity contribution in [2.75, 3.05) is 5.32 Å². The lowest BCUT2D eigenvalue weighted by Gasteiger charge is -2.05. The second kappa shape index (κ2) is 7.20. The minimum Gasteiger partial charge on any atom is -0.355 e. The Morgan fingerprint density at radius 1 is 1.28 bits per heavy atom. The SMILES string of the molecule is CCn1ncc(-c2cc(C(=O)Nc3ccc4c(c3)nc(C(C)C)n4C)no2)c1C. The summed E-state index contributed by atoms with van der Waals surface area (Å²) in [4.78, 5) is 17.3. The number of benzene rings is 1. The molecule has 8 heteroatoms. The number of aryl methyl sites for hydroxylation is 2. The van der Waals surface area contributed by atoms with Crippen LogP contribution in [0.25, 0.3) is 22.4 Å². The first-order valence-corrected chi connectivity index (χ1v) is 9.66. The standard InChI is InChI=1S/C21H24N6O2/c1-6-27-13(4)15(11-22-27)19-10-17(25-29-19)21(28)23-14-7-8-18-16(9-14)24-20(12(2)3)26(18)5/h7-12H,6H2,1-5H3,(H,23,28). The number of carbonyl (C=O) groups is 1. The topological polar surface area (TPSA) is 90.8 Å². The lowest BCUT2D eigenvalue weighted by Crippen LogP contribution is -2.12. The van der Waals surface area contributed by atoms with Gasteiger partial charge < -0.3 is 14.4 Å². The van der Waals surface area contributed by atoms with E-state index >= 15 is 0 Å². The van der Waals surface area contributed by atoms with Gasteiger partial charge in [-0.3, -0.25) is 9.48 Å². The zero-order chi connectivity index (χ0) is 20.7. The molecule has 0 saturated heterocycles. The van der Waals surface area contributed by atoms with Crippen LogP contribution in [0, 0.1) is 6.92 Å². The maximum atomic E-state index is 12.6. The highest BCUT2D eigenvalue weighted by atomic mass is 16.5. The third kappa shape index (κ3) is 3.30. The van der Waals surface area contributed by atoms with Crippen molar-refractivity contribution in [2.24, 2.45) is 7.05 Å². The zero-order valence-electron chi connectivity index (χ0n) is 17.2. The van der Waals surface area contributed by atoms with Crippen molar-refractivity contribution in [3.63, 3.8) is 0 Å². The van der Waals surface area contributed by atoms with Crippen LogP contribution in [0.4, 0.5) is 5.69 Å². The van der Waals surface area contributed by atoms with Crippen molar-refractivity contribution in [3.8, 4) is 11.3 Å². The summed E-state index contributed by atoms with van der Waals surface area (Å²) in [7, 11) is 2.00. The molecule has 0 aliphatic carbocycles. The van der Waals surface area contributed by atoms with E-state index in [4.69, 9.17) is 4.52 Å². The second-order valence-electron chi connectivity index (χ2n) is 7.38. The Morgan fingerprint density at radius 3 is 2.76 bits per heavy atom. The Morgan fingerprint density at radius 2 is 2.07 bits per heavy atom. The van der Waals surface area contributed by atoms with Crippen LogP contribution in [0.1, 0.15) is 48.7 Å². The molecule has 0 spiro atoms. The Labute approximate surface area is 168 Å². The Bertz CT molecular complexity index is 1200. The maximum Gasteiger partial charge on any atom is 0.277 e. The van der Waals surface area contributed by atoms with E-state index in [-0.39, 0.29) is 11.6 Å². The van der Waals surface area contributed by atoms with Crippen LogP contribution < -0.4 is 5.32 Å². The van der Waals surface area contributed by atoms with E-state index in [1.54, 1.807) is 12.3 Å². The van der Waals surface area contributed by atoms with Gasteiger partial charge in [0.05, 0.1) is 22.8 Å². The van der Waals surface area contributed by atoms with E-state index < -0.39 is 0 Å². The fourth-order valence-electron chi connectivity index (χ4n) is 3.52. The average molecular weight is 392 g/mol. The van der Waals surface area contributed by atoms with Gasteiger partial charge in [0.1, 0.15) is 5.82 Å². The van der Waals surface area contributed by atoms with Crippen molar-refractivity contribution < 1.29 is 9.32 Å².